The van der Waals surface area contributed by atoms with Crippen molar-refractivity contribution in [1.82, 2.24) is 4.98 Å². The van der Waals surface area contributed by atoms with Crippen LogP contribution in [0.3, 0.4) is 0 Å². The predicted molar refractivity (Wildman–Crippen MR) is 88.9 cm³/mol. The number of ether oxygens (including phenoxy) is 1. The molecule has 118 valence electrons. The van der Waals surface area contributed by atoms with Gasteiger partial charge in [0, 0.05) is 11.1 Å². The zero-order valence-corrected chi connectivity index (χ0v) is 13.3. The minimum atomic E-state index is -0.300. The molecule has 1 aromatic heterocycles. The molecule has 1 aliphatic heterocycles. The van der Waals surface area contributed by atoms with Crippen LogP contribution < -0.4 is 15.0 Å². The maximum absolute atomic E-state index is 12.3. The Morgan fingerprint density at radius 1 is 1.35 bits per heavy atom. The van der Waals surface area contributed by atoms with Gasteiger partial charge in [-0.3, -0.25) is 9.59 Å². The maximum atomic E-state index is 12.3. The van der Waals surface area contributed by atoms with Gasteiger partial charge in [-0.25, -0.2) is 4.98 Å². The van der Waals surface area contributed by atoms with Gasteiger partial charge in [0.15, 0.2) is 0 Å². The zero-order chi connectivity index (χ0) is 16.2. The normalized spacial score (nSPS) is 13.4. The van der Waals surface area contributed by atoms with E-state index in [4.69, 9.17) is 4.74 Å². The first-order valence-corrected chi connectivity index (χ1v) is 7.98. The van der Waals surface area contributed by atoms with Crippen molar-refractivity contribution in [2.24, 2.45) is 0 Å². The van der Waals surface area contributed by atoms with Crippen molar-refractivity contribution in [3.63, 3.8) is 0 Å². The topological polar surface area (TPSA) is 71.5 Å². The number of hydrogen-bond acceptors (Lipinski definition) is 5. The monoisotopic (exact) mass is 329 g/mol. The van der Waals surface area contributed by atoms with E-state index in [1.54, 1.807) is 18.3 Å². The Labute approximate surface area is 137 Å². The predicted octanol–water partition coefficient (Wildman–Crippen LogP) is 2.17. The number of fused-ring (bicyclic) bond motifs is 1. The van der Waals surface area contributed by atoms with Gasteiger partial charge in [-0.15, -0.1) is 11.8 Å². The number of pyridine rings is 1. The first kappa shape index (κ1) is 15.4. The number of nitrogens with one attached hydrogen (secondary N) is 1. The lowest BCUT2D eigenvalue weighted by molar-refractivity contribution is -0.120. The number of hydrogen-bond donors (Lipinski definition) is 1. The lowest BCUT2D eigenvalue weighted by Gasteiger charge is -2.28. The minimum absolute atomic E-state index is 0.0472. The summed E-state index contributed by atoms with van der Waals surface area (Å²) < 4.78 is 5.10. The molecule has 0 atom stereocenters. The van der Waals surface area contributed by atoms with E-state index in [1.165, 1.54) is 23.8 Å². The number of benzene rings is 1. The van der Waals surface area contributed by atoms with Gasteiger partial charge in [0.05, 0.1) is 18.6 Å². The first-order valence-electron chi connectivity index (χ1n) is 7.00. The van der Waals surface area contributed by atoms with Crippen molar-refractivity contribution >= 4 is 35.0 Å². The molecular weight excluding hydrogens is 314 g/mol. The second-order valence-corrected chi connectivity index (χ2v) is 5.86. The van der Waals surface area contributed by atoms with E-state index < -0.39 is 0 Å². The van der Waals surface area contributed by atoms with Crippen LogP contribution in [0.15, 0.2) is 47.5 Å². The number of para-hydroxylation sites is 1. The molecule has 3 rings (SSSR count). The average molecular weight is 329 g/mol. The Hall–Kier alpha value is -2.54. The van der Waals surface area contributed by atoms with Gasteiger partial charge in [-0.2, -0.15) is 0 Å². The molecule has 6 nitrogen and oxygen atoms in total. The number of amides is 2. The lowest BCUT2D eigenvalue weighted by atomic mass is 10.2. The van der Waals surface area contributed by atoms with E-state index in [9.17, 15) is 9.59 Å². The maximum Gasteiger partial charge on any atom is 0.244 e. The van der Waals surface area contributed by atoms with Crippen LogP contribution in [0.2, 0.25) is 0 Å². The highest BCUT2D eigenvalue weighted by atomic mass is 32.2. The van der Waals surface area contributed by atoms with E-state index in [0.29, 0.717) is 17.3 Å². The van der Waals surface area contributed by atoms with Gasteiger partial charge in [0.25, 0.3) is 0 Å². The van der Waals surface area contributed by atoms with E-state index in [2.05, 4.69) is 10.3 Å². The summed E-state index contributed by atoms with van der Waals surface area (Å²) in [5, 5.41) is 2.73. The van der Waals surface area contributed by atoms with E-state index in [0.717, 1.165) is 10.6 Å². The van der Waals surface area contributed by atoms with Crippen LogP contribution in [0.5, 0.6) is 5.88 Å². The Balaban J connectivity index is 1.76. The molecule has 2 heterocycles. The minimum Gasteiger partial charge on any atom is -0.480 e. The Morgan fingerprint density at radius 2 is 2.17 bits per heavy atom. The summed E-state index contributed by atoms with van der Waals surface area (Å²) in [6.07, 6.45) is 1.58. The SMILES string of the molecule is COc1ncccc1NC(=O)CN1C(=O)CSc2ccccc21. The molecule has 0 spiro atoms. The van der Waals surface area contributed by atoms with Crippen LogP contribution >= 0.6 is 11.8 Å². The molecule has 1 aromatic carbocycles. The third-order valence-corrected chi connectivity index (χ3v) is 4.40. The van der Waals surface area contributed by atoms with Crippen molar-refractivity contribution in [3.05, 3.63) is 42.6 Å². The van der Waals surface area contributed by atoms with Crippen LogP contribution in [0, 0.1) is 0 Å². The van der Waals surface area contributed by atoms with E-state index in [-0.39, 0.29) is 18.4 Å². The van der Waals surface area contributed by atoms with Gasteiger partial charge in [0.2, 0.25) is 17.7 Å². The van der Waals surface area contributed by atoms with Crippen molar-refractivity contribution in [2.45, 2.75) is 4.90 Å². The molecule has 2 amide bonds. The zero-order valence-electron chi connectivity index (χ0n) is 12.5. The largest absolute Gasteiger partial charge is 0.480 e. The molecular formula is C16H15N3O3S. The van der Waals surface area contributed by atoms with E-state index in [1.807, 2.05) is 24.3 Å². The van der Waals surface area contributed by atoms with Gasteiger partial charge in [-0.1, -0.05) is 12.1 Å². The fourth-order valence-electron chi connectivity index (χ4n) is 2.31. The fraction of sp³-hybridized carbons (Fsp3) is 0.188. The van der Waals surface area contributed by atoms with Crippen molar-refractivity contribution in [1.29, 1.82) is 0 Å². The first-order chi connectivity index (χ1) is 11.2. The molecule has 2 aromatic rings. The quantitative estimate of drug-likeness (QED) is 0.931. The van der Waals surface area contributed by atoms with Crippen molar-refractivity contribution in [2.75, 3.05) is 29.6 Å². The highest BCUT2D eigenvalue weighted by molar-refractivity contribution is 8.00. The van der Waals surface area contributed by atoms with Crippen molar-refractivity contribution in [3.8, 4) is 5.88 Å². The molecule has 0 fully saturated rings. The summed E-state index contributed by atoms with van der Waals surface area (Å²) in [4.78, 5) is 31.0. The smallest absolute Gasteiger partial charge is 0.244 e. The molecule has 0 saturated heterocycles. The third-order valence-electron chi connectivity index (χ3n) is 3.35. The number of carbonyl (C=O) groups excluding carboxylic acids is 2. The van der Waals surface area contributed by atoms with Crippen LogP contribution in [0.25, 0.3) is 0 Å². The summed E-state index contributed by atoms with van der Waals surface area (Å²) in [6.45, 7) is -0.0472. The fourth-order valence-corrected chi connectivity index (χ4v) is 3.24. The third kappa shape index (κ3) is 3.29. The molecule has 0 bridgehead atoms. The molecule has 0 radical (unpaired) electrons. The van der Waals surface area contributed by atoms with Gasteiger partial charge >= 0.3 is 0 Å². The highest BCUT2D eigenvalue weighted by Gasteiger charge is 2.26. The van der Waals surface area contributed by atoms with Crippen LogP contribution in [-0.4, -0.2) is 36.2 Å². The van der Waals surface area contributed by atoms with Crippen LogP contribution in [0.1, 0.15) is 0 Å². The number of rotatable bonds is 4. The summed E-state index contributed by atoms with van der Waals surface area (Å²) in [6, 6.07) is 11.0. The molecule has 7 heteroatoms. The lowest BCUT2D eigenvalue weighted by Crippen LogP contribution is -2.41. The number of aromatic nitrogens is 1. The number of carbonyl (C=O) groups is 2. The highest BCUT2D eigenvalue weighted by Crippen LogP contribution is 2.34. The molecule has 0 saturated carbocycles. The second kappa shape index (κ2) is 6.70. The Morgan fingerprint density at radius 3 is 3.00 bits per heavy atom. The van der Waals surface area contributed by atoms with E-state index >= 15 is 0 Å². The summed E-state index contributed by atoms with van der Waals surface area (Å²) in [7, 11) is 1.49. The van der Waals surface area contributed by atoms with Gasteiger partial charge in [0.1, 0.15) is 12.2 Å². The van der Waals surface area contributed by atoms with Gasteiger partial charge < -0.3 is 15.0 Å². The molecule has 1 N–H and O–H groups in total. The summed E-state index contributed by atoms with van der Waals surface area (Å²) >= 11 is 1.48. The molecule has 23 heavy (non-hydrogen) atoms. The van der Waals surface area contributed by atoms with Crippen LogP contribution in [-0.2, 0) is 9.59 Å². The standard InChI is InChI=1S/C16H15N3O3S/c1-22-16-11(5-4-8-17-16)18-14(20)9-19-12-6-2-3-7-13(12)23-10-15(19)21/h2-8H,9-10H2,1H3,(H,18,20). The summed E-state index contributed by atoms with van der Waals surface area (Å²) in [5.74, 6) is 0.288. The molecule has 0 unspecified atom stereocenters. The Kier molecular flexibility index (Phi) is 4.47. The number of thioether (sulfide) groups is 1. The summed E-state index contributed by atoms with van der Waals surface area (Å²) in [5.41, 5.74) is 1.24. The molecule has 1 aliphatic rings. The second-order valence-electron chi connectivity index (χ2n) is 4.84. The average Bonchev–Trinajstić information content (AvgIpc) is 2.58. The Bertz CT molecular complexity index is 751. The number of anilines is 2. The number of methoxy groups -OCH3 is 1. The number of nitrogens with zero attached hydrogens (tertiary/aromatic N) is 2. The van der Waals surface area contributed by atoms with Crippen molar-refractivity contribution < 1.29 is 14.3 Å². The molecule has 0 aliphatic carbocycles. The van der Waals surface area contributed by atoms with Gasteiger partial charge in [-0.05, 0) is 24.3 Å². The van der Waals surface area contributed by atoms with Crippen LogP contribution in [0.4, 0.5) is 11.4 Å².